The number of nitrogens with two attached hydrogens (primary N) is 1. The summed E-state index contributed by atoms with van der Waals surface area (Å²) in [5, 5.41) is 3.01. The molecule has 1 saturated carbocycles. The highest BCUT2D eigenvalue weighted by Gasteiger charge is 2.26. The summed E-state index contributed by atoms with van der Waals surface area (Å²) in [5.41, 5.74) is 5.71. The topological polar surface area (TPSA) is 68.3 Å². The molecule has 0 saturated heterocycles. The van der Waals surface area contributed by atoms with Gasteiger partial charge in [-0.25, -0.2) is 0 Å². The van der Waals surface area contributed by atoms with Crippen LogP contribution in [0.3, 0.4) is 0 Å². The van der Waals surface area contributed by atoms with Gasteiger partial charge < -0.3 is 15.5 Å². The number of furan rings is 1. The first kappa shape index (κ1) is 14.1. The van der Waals surface area contributed by atoms with Crippen molar-refractivity contribution in [2.45, 2.75) is 31.7 Å². The molecule has 0 aliphatic heterocycles. The molecule has 2 atom stereocenters. The maximum absolute atomic E-state index is 11.8. The van der Waals surface area contributed by atoms with Crippen molar-refractivity contribution in [3.05, 3.63) is 24.2 Å². The first-order valence-electron chi connectivity index (χ1n) is 5.85. The Labute approximate surface area is 107 Å². The number of rotatable bonds is 3. The maximum atomic E-state index is 11.8. The lowest BCUT2D eigenvalue weighted by molar-refractivity contribution is 0.0880. The van der Waals surface area contributed by atoms with Crippen molar-refractivity contribution in [3.8, 4) is 0 Å². The van der Waals surface area contributed by atoms with Gasteiger partial charge in [0.05, 0.1) is 6.26 Å². The molecule has 1 aromatic heterocycles. The Morgan fingerprint density at radius 2 is 2.24 bits per heavy atom. The minimum atomic E-state index is -0.129. The molecule has 1 heterocycles. The normalized spacial score (nSPS) is 23.8. The first-order chi connectivity index (χ1) is 7.81. The number of amides is 1. The van der Waals surface area contributed by atoms with Gasteiger partial charge in [-0.15, -0.1) is 12.4 Å². The van der Waals surface area contributed by atoms with E-state index in [1.54, 1.807) is 12.1 Å². The molecule has 3 N–H and O–H groups in total. The second-order valence-corrected chi connectivity index (χ2v) is 4.34. The Morgan fingerprint density at radius 3 is 2.88 bits per heavy atom. The van der Waals surface area contributed by atoms with Gasteiger partial charge in [-0.3, -0.25) is 4.79 Å². The molecule has 1 aliphatic rings. The average Bonchev–Trinajstić information content (AvgIpc) is 2.83. The second kappa shape index (κ2) is 6.67. The molecule has 0 spiro atoms. The number of hydrogen-bond donors (Lipinski definition) is 2. The van der Waals surface area contributed by atoms with E-state index in [4.69, 9.17) is 10.2 Å². The lowest BCUT2D eigenvalue weighted by atomic mass is 9.84. The number of halogens is 1. The Bertz CT molecular complexity index is 340. The molecule has 0 bridgehead atoms. The summed E-state index contributed by atoms with van der Waals surface area (Å²) in [6, 6.07) is 3.60. The van der Waals surface area contributed by atoms with E-state index in [2.05, 4.69) is 5.32 Å². The minimum absolute atomic E-state index is 0. The Hall–Kier alpha value is -1.00. The quantitative estimate of drug-likeness (QED) is 0.871. The molecule has 5 heteroatoms. The molecule has 1 aromatic rings. The third-order valence-corrected chi connectivity index (χ3v) is 3.27. The van der Waals surface area contributed by atoms with Crippen LogP contribution in [0.15, 0.2) is 22.8 Å². The predicted octanol–water partition coefficient (Wildman–Crippen LogP) is 1.95. The van der Waals surface area contributed by atoms with Crippen LogP contribution >= 0.6 is 12.4 Å². The number of hydrogen-bond acceptors (Lipinski definition) is 3. The summed E-state index contributed by atoms with van der Waals surface area (Å²) in [5.74, 6) is 0.657. The standard InChI is InChI=1S/C12H18N2O2.ClH/c13-8-9-4-1-2-5-10(9)14-12(15)11-6-3-7-16-11;/h3,6-7,9-10H,1-2,4-5,8,13H2,(H,14,15);1H. The summed E-state index contributed by atoms with van der Waals surface area (Å²) in [6.07, 6.45) is 6.03. The van der Waals surface area contributed by atoms with Crippen LogP contribution in [0.4, 0.5) is 0 Å². The molecule has 1 amide bonds. The molecular weight excluding hydrogens is 240 g/mol. The minimum Gasteiger partial charge on any atom is -0.459 e. The molecule has 0 radical (unpaired) electrons. The molecular formula is C12H19ClN2O2. The van der Waals surface area contributed by atoms with E-state index in [1.807, 2.05) is 0 Å². The van der Waals surface area contributed by atoms with Crippen LogP contribution in [0.1, 0.15) is 36.2 Å². The second-order valence-electron chi connectivity index (χ2n) is 4.34. The van der Waals surface area contributed by atoms with Crippen molar-refractivity contribution >= 4 is 18.3 Å². The third kappa shape index (κ3) is 3.48. The average molecular weight is 259 g/mol. The largest absolute Gasteiger partial charge is 0.459 e. The van der Waals surface area contributed by atoms with E-state index in [-0.39, 0.29) is 24.4 Å². The fourth-order valence-electron chi connectivity index (χ4n) is 2.33. The van der Waals surface area contributed by atoms with Crippen LogP contribution in [0.5, 0.6) is 0 Å². The van der Waals surface area contributed by atoms with Crippen LogP contribution in [0, 0.1) is 5.92 Å². The maximum Gasteiger partial charge on any atom is 0.287 e. The fraction of sp³-hybridized carbons (Fsp3) is 0.583. The van der Waals surface area contributed by atoms with Crippen LogP contribution in [0.2, 0.25) is 0 Å². The summed E-state index contributed by atoms with van der Waals surface area (Å²) in [7, 11) is 0. The van der Waals surface area contributed by atoms with Crippen LogP contribution < -0.4 is 11.1 Å². The Kier molecular flexibility index (Phi) is 5.51. The van der Waals surface area contributed by atoms with Gasteiger partial charge in [0, 0.05) is 6.04 Å². The third-order valence-electron chi connectivity index (χ3n) is 3.27. The molecule has 2 unspecified atom stereocenters. The zero-order chi connectivity index (χ0) is 11.4. The van der Waals surface area contributed by atoms with E-state index < -0.39 is 0 Å². The molecule has 1 fully saturated rings. The van der Waals surface area contributed by atoms with E-state index in [9.17, 15) is 4.79 Å². The predicted molar refractivity (Wildman–Crippen MR) is 68.2 cm³/mol. The highest BCUT2D eigenvalue weighted by molar-refractivity contribution is 5.91. The molecule has 17 heavy (non-hydrogen) atoms. The zero-order valence-electron chi connectivity index (χ0n) is 9.72. The summed E-state index contributed by atoms with van der Waals surface area (Å²) in [4.78, 5) is 11.8. The van der Waals surface area contributed by atoms with E-state index >= 15 is 0 Å². The van der Waals surface area contributed by atoms with Gasteiger partial charge in [0.15, 0.2) is 5.76 Å². The molecule has 2 rings (SSSR count). The highest BCUT2D eigenvalue weighted by Crippen LogP contribution is 2.23. The Balaban J connectivity index is 0.00000144. The lowest BCUT2D eigenvalue weighted by Gasteiger charge is -2.30. The van der Waals surface area contributed by atoms with Crippen molar-refractivity contribution in [3.63, 3.8) is 0 Å². The van der Waals surface area contributed by atoms with Crippen LogP contribution in [-0.2, 0) is 0 Å². The number of carbonyl (C=O) groups is 1. The van der Waals surface area contributed by atoms with Gasteiger partial charge in [-0.2, -0.15) is 0 Å². The molecule has 0 aromatic carbocycles. The Morgan fingerprint density at radius 1 is 1.47 bits per heavy atom. The molecule has 96 valence electrons. The summed E-state index contributed by atoms with van der Waals surface area (Å²) in [6.45, 7) is 0.642. The first-order valence-corrected chi connectivity index (χ1v) is 5.85. The van der Waals surface area contributed by atoms with Crippen molar-refractivity contribution in [2.75, 3.05) is 6.54 Å². The summed E-state index contributed by atoms with van der Waals surface area (Å²) >= 11 is 0. The van der Waals surface area contributed by atoms with Gasteiger partial charge in [-0.05, 0) is 37.4 Å². The van der Waals surface area contributed by atoms with E-state index in [1.165, 1.54) is 19.1 Å². The number of carbonyl (C=O) groups excluding carboxylic acids is 1. The van der Waals surface area contributed by atoms with E-state index in [0.717, 1.165) is 12.8 Å². The van der Waals surface area contributed by atoms with Gasteiger partial charge in [0.25, 0.3) is 5.91 Å². The SMILES string of the molecule is Cl.NCC1CCCCC1NC(=O)c1ccco1. The summed E-state index contributed by atoms with van der Waals surface area (Å²) < 4.78 is 5.06. The van der Waals surface area contributed by atoms with Gasteiger partial charge >= 0.3 is 0 Å². The van der Waals surface area contributed by atoms with Crippen molar-refractivity contribution in [1.82, 2.24) is 5.32 Å². The van der Waals surface area contributed by atoms with Crippen LogP contribution in [-0.4, -0.2) is 18.5 Å². The monoisotopic (exact) mass is 258 g/mol. The number of nitrogens with one attached hydrogen (secondary N) is 1. The zero-order valence-corrected chi connectivity index (χ0v) is 10.5. The van der Waals surface area contributed by atoms with Gasteiger partial charge in [0.2, 0.25) is 0 Å². The molecule has 4 nitrogen and oxygen atoms in total. The fourth-order valence-corrected chi connectivity index (χ4v) is 2.33. The lowest BCUT2D eigenvalue weighted by Crippen LogP contribution is -2.44. The van der Waals surface area contributed by atoms with Crippen LogP contribution in [0.25, 0.3) is 0 Å². The van der Waals surface area contributed by atoms with Crippen molar-refractivity contribution in [2.24, 2.45) is 11.7 Å². The van der Waals surface area contributed by atoms with E-state index in [0.29, 0.717) is 18.2 Å². The smallest absolute Gasteiger partial charge is 0.287 e. The van der Waals surface area contributed by atoms with Gasteiger partial charge in [-0.1, -0.05) is 12.8 Å². The highest BCUT2D eigenvalue weighted by atomic mass is 35.5. The van der Waals surface area contributed by atoms with Crippen molar-refractivity contribution < 1.29 is 9.21 Å². The van der Waals surface area contributed by atoms with Gasteiger partial charge in [0.1, 0.15) is 0 Å². The van der Waals surface area contributed by atoms with Crippen molar-refractivity contribution in [1.29, 1.82) is 0 Å². The molecule has 1 aliphatic carbocycles.